The van der Waals surface area contributed by atoms with Crippen molar-refractivity contribution in [1.29, 1.82) is 0 Å². The second-order valence-electron chi connectivity index (χ2n) is 7.39. The number of benzene rings is 1. The molecule has 6 heteroatoms. The largest absolute Gasteiger partial charge is 0.481 e. The van der Waals surface area contributed by atoms with Gasteiger partial charge in [0.15, 0.2) is 0 Å². The summed E-state index contributed by atoms with van der Waals surface area (Å²) in [5.41, 5.74) is 2.54. The Hall–Kier alpha value is -2.18. The summed E-state index contributed by atoms with van der Waals surface area (Å²) in [6.45, 7) is 4.92. The van der Waals surface area contributed by atoms with E-state index in [4.69, 9.17) is 5.11 Å². The van der Waals surface area contributed by atoms with Crippen LogP contribution in [0.2, 0.25) is 0 Å². The number of imidazole rings is 1. The van der Waals surface area contributed by atoms with Crippen LogP contribution in [-0.2, 0) is 11.3 Å². The Morgan fingerprint density at radius 3 is 2.92 bits per heavy atom. The van der Waals surface area contributed by atoms with E-state index in [1.54, 1.807) is 12.5 Å². The number of hydrogen-bond acceptors (Lipinski definition) is 4. The lowest BCUT2D eigenvalue weighted by molar-refractivity contribution is -0.137. The molecule has 6 nitrogen and oxygen atoms in total. The minimum Gasteiger partial charge on any atom is -0.481 e. The molecule has 3 heterocycles. The zero-order valence-electron chi connectivity index (χ0n) is 14.3. The van der Waals surface area contributed by atoms with Gasteiger partial charge in [0, 0.05) is 56.1 Å². The number of carboxylic acids is 1. The average molecular weight is 340 g/mol. The Morgan fingerprint density at radius 1 is 1.36 bits per heavy atom. The minimum absolute atomic E-state index is 0.134. The van der Waals surface area contributed by atoms with Gasteiger partial charge in [-0.05, 0) is 36.6 Å². The predicted octanol–water partition coefficient (Wildman–Crippen LogP) is 1.76. The molecule has 2 aliphatic heterocycles. The summed E-state index contributed by atoms with van der Waals surface area (Å²) in [6.07, 6.45) is 6.56. The van der Waals surface area contributed by atoms with E-state index >= 15 is 0 Å². The number of carboxylic acid groups (broad SMARTS) is 1. The highest BCUT2D eigenvalue weighted by molar-refractivity contribution is 5.66. The fourth-order valence-electron chi connectivity index (χ4n) is 4.41. The zero-order chi connectivity index (χ0) is 17.3. The van der Waals surface area contributed by atoms with E-state index in [-0.39, 0.29) is 11.8 Å². The first kappa shape index (κ1) is 16.3. The van der Waals surface area contributed by atoms with Gasteiger partial charge in [0.2, 0.25) is 0 Å². The number of aromatic nitrogens is 2. The molecule has 2 fully saturated rings. The van der Waals surface area contributed by atoms with Gasteiger partial charge in [-0.25, -0.2) is 4.98 Å². The molecule has 2 atom stereocenters. The number of carbonyl (C=O) groups is 1. The molecule has 25 heavy (non-hydrogen) atoms. The fraction of sp³-hybridized carbons (Fsp3) is 0.474. The third-order valence-corrected chi connectivity index (χ3v) is 5.73. The summed E-state index contributed by atoms with van der Waals surface area (Å²) in [6, 6.07) is 8.59. The number of rotatable bonds is 6. The van der Waals surface area contributed by atoms with Gasteiger partial charge >= 0.3 is 5.97 Å². The number of hydrogen-bond donors (Lipinski definition) is 2. The molecule has 0 spiro atoms. The summed E-state index contributed by atoms with van der Waals surface area (Å²) in [7, 11) is 0. The Labute approximate surface area is 147 Å². The highest BCUT2D eigenvalue weighted by Crippen LogP contribution is 2.43. The minimum atomic E-state index is -0.687. The monoisotopic (exact) mass is 340 g/mol. The number of aliphatic carboxylic acids is 1. The van der Waals surface area contributed by atoms with E-state index in [9.17, 15) is 4.79 Å². The van der Waals surface area contributed by atoms with Gasteiger partial charge in [0.05, 0.1) is 6.33 Å². The number of likely N-dealkylation sites (tertiary alicyclic amines) is 1. The number of nitrogens with zero attached hydrogens (tertiary/aromatic N) is 3. The molecule has 132 valence electrons. The maximum Gasteiger partial charge on any atom is 0.303 e. The molecule has 2 unspecified atom stereocenters. The van der Waals surface area contributed by atoms with E-state index in [1.807, 2.05) is 10.8 Å². The number of fused-ring (bicyclic) bond motifs is 1. The van der Waals surface area contributed by atoms with E-state index in [0.717, 1.165) is 44.8 Å². The highest BCUT2D eigenvalue weighted by Gasteiger charge is 2.49. The van der Waals surface area contributed by atoms with E-state index < -0.39 is 5.97 Å². The molecule has 0 bridgehead atoms. The second kappa shape index (κ2) is 6.61. The Kier molecular flexibility index (Phi) is 4.31. The van der Waals surface area contributed by atoms with Crippen LogP contribution in [0.1, 0.15) is 18.4 Å². The lowest BCUT2D eigenvalue weighted by Crippen LogP contribution is -2.33. The van der Waals surface area contributed by atoms with Crippen LogP contribution in [0.5, 0.6) is 0 Å². The molecule has 2 saturated heterocycles. The van der Waals surface area contributed by atoms with Crippen molar-refractivity contribution in [2.24, 2.45) is 11.3 Å². The molecule has 2 aromatic rings. The highest BCUT2D eigenvalue weighted by atomic mass is 16.4. The number of nitrogens with one attached hydrogen (secondary N) is 1. The SMILES string of the molecule is O=C(O)CCC12CNCC1CN(Cc1ccc(-n3ccnc3)cc1)C2. The topological polar surface area (TPSA) is 70.4 Å². The van der Waals surface area contributed by atoms with Crippen LogP contribution in [0.4, 0.5) is 0 Å². The Morgan fingerprint density at radius 2 is 2.20 bits per heavy atom. The van der Waals surface area contributed by atoms with Crippen LogP contribution in [0, 0.1) is 11.3 Å². The molecule has 0 aliphatic carbocycles. The van der Waals surface area contributed by atoms with E-state index in [2.05, 4.69) is 39.5 Å². The van der Waals surface area contributed by atoms with Crippen molar-refractivity contribution in [3.63, 3.8) is 0 Å². The fourth-order valence-corrected chi connectivity index (χ4v) is 4.41. The van der Waals surface area contributed by atoms with Gasteiger partial charge < -0.3 is 15.0 Å². The van der Waals surface area contributed by atoms with Crippen LogP contribution >= 0.6 is 0 Å². The van der Waals surface area contributed by atoms with Gasteiger partial charge in [-0.3, -0.25) is 9.69 Å². The van der Waals surface area contributed by atoms with Crippen LogP contribution in [-0.4, -0.2) is 51.7 Å². The lowest BCUT2D eigenvalue weighted by Gasteiger charge is -2.27. The molecular formula is C19H24N4O2. The van der Waals surface area contributed by atoms with Crippen LogP contribution in [0.25, 0.3) is 5.69 Å². The first-order chi connectivity index (χ1) is 12.1. The third kappa shape index (κ3) is 3.32. The standard InChI is InChI=1S/C19H24N4O2/c24-18(25)5-6-19-12-21-9-16(19)11-22(13-19)10-15-1-3-17(4-2-15)23-8-7-20-14-23/h1-4,7-8,14,16,21H,5-6,9-13H2,(H,24,25). The second-order valence-corrected chi connectivity index (χ2v) is 7.39. The summed E-state index contributed by atoms with van der Waals surface area (Å²) >= 11 is 0. The van der Waals surface area contributed by atoms with Crippen molar-refractivity contribution >= 4 is 5.97 Å². The van der Waals surface area contributed by atoms with Crippen molar-refractivity contribution in [2.75, 3.05) is 26.2 Å². The summed E-state index contributed by atoms with van der Waals surface area (Å²) in [5.74, 6) is -0.120. The van der Waals surface area contributed by atoms with Crippen molar-refractivity contribution in [2.45, 2.75) is 19.4 Å². The molecule has 2 aliphatic rings. The molecule has 2 N–H and O–H groups in total. The van der Waals surface area contributed by atoms with E-state index in [0.29, 0.717) is 5.92 Å². The average Bonchev–Trinajstić information content (AvgIpc) is 3.29. The normalized spacial score (nSPS) is 26.0. The predicted molar refractivity (Wildman–Crippen MR) is 94.5 cm³/mol. The molecule has 0 amide bonds. The summed E-state index contributed by atoms with van der Waals surface area (Å²) in [4.78, 5) is 17.6. The lowest BCUT2D eigenvalue weighted by atomic mass is 9.77. The first-order valence-electron chi connectivity index (χ1n) is 8.87. The van der Waals surface area contributed by atoms with Crippen molar-refractivity contribution < 1.29 is 9.90 Å². The Balaban J connectivity index is 1.41. The van der Waals surface area contributed by atoms with Crippen molar-refractivity contribution in [1.82, 2.24) is 19.8 Å². The summed E-state index contributed by atoms with van der Waals surface area (Å²) in [5, 5.41) is 12.5. The maximum atomic E-state index is 11.0. The quantitative estimate of drug-likeness (QED) is 0.838. The van der Waals surface area contributed by atoms with Gasteiger partial charge in [-0.1, -0.05) is 12.1 Å². The van der Waals surface area contributed by atoms with Gasteiger partial charge in [-0.2, -0.15) is 0 Å². The molecule has 1 aromatic carbocycles. The molecule has 0 radical (unpaired) electrons. The van der Waals surface area contributed by atoms with Crippen LogP contribution in [0.3, 0.4) is 0 Å². The molecule has 0 saturated carbocycles. The molecule has 4 rings (SSSR count). The maximum absolute atomic E-state index is 11.0. The van der Waals surface area contributed by atoms with Crippen molar-refractivity contribution in [3.05, 3.63) is 48.5 Å². The first-order valence-corrected chi connectivity index (χ1v) is 8.87. The third-order valence-electron chi connectivity index (χ3n) is 5.73. The smallest absolute Gasteiger partial charge is 0.303 e. The van der Waals surface area contributed by atoms with Crippen LogP contribution < -0.4 is 5.32 Å². The van der Waals surface area contributed by atoms with Gasteiger partial charge in [0.25, 0.3) is 0 Å². The molecule has 1 aromatic heterocycles. The zero-order valence-corrected chi connectivity index (χ0v) is 14.3. The van der Waals surface area contributed by atoms with Gasteiger partial charge in [0.1, 0.15) is 0 Å². The summed E-state index contributed by atoms with van der Waals surface area (Å²) < 4.78 is 2.00. The Bertz CT molecular complexity index is 728. The van der Waals surface area contributed by atoms with Crippen molar-refractivity contribution in [3.8, 4) is 5.69 Å². The van der Waals surface area contributed by atoms with E-state index in [1.165, 1.54) is 5.56 Å². The van der Waals surface area contributed by atoms with Gasteiger partial charge in [-0.15, -0.1) is 0 Å². The van der Waals surface area contributed by atoms with Crippen LogP contribution in [0.15, 0.2) is 43.0 Å². The molecular weight excluding hydrogens is 316 g/mol.